The summed E-state index contributed by atoms with van der Waals surface area (Å²) in [7, 11) is 0. The first-order chi connectivity index (χ1) is 8.85. The molecule has 0 spiro atoms. The smallest absolute Gasteiger partial charge is 0.0387 e. The second-order valence-electron chi connectivity index (χ2n) is 5.02. The molecule has 1 N–H and O–H groups in total. The van der Waals surface area contributed by atoms with Crippen molar-refractivity contribution in [3.63, 3.8) is 0 Å². The van der Waals surface area contributed by atoms with Gasteiger partial charge < -0.3 is 5.32 Å². The average molecular weight is 237 g/mol. The first kappa shape index (κ1) is 11.3. The summed E-state index contributed by atoms with van der Waals surface area (Å²) in [4.78, 5) is 0. The van der Waals surface area contributed by atoms with Crippen molar-refractivity contribution in [1.29, 1.82) is 0 Å². The van der Waals surface area contributed by atoms with Crippen molar-refractivity contribution >= 4 is 11.4 Å². The van der Waals surface area contributed by atoms with Gasteiger partial charge >= 0.3 is 0 Å². The Morgan fingerprint density at radius 2 is 1.78 bits per heavy atom. The Balaban J connectivity index is 1.83. The first-order valence-electron chi connectivity index (χ1n) is 6.83. The van der Waals surface area contributed by atoms with Gasteiger partial charge in [-0.3, -0.25) is 0 Å². The van der Waals surface area contributed by atoms with Crippen LogP contribution in [0.2, 0.25) is 0 Å². The molecule has 0 saturated heterocycles. The molecule has 0 aromatic heterocycles. The lowest BCUT2D eigenvalue weighted by atomic mass is 10.1. The summed E-state index contributed by atoms with van der Waals surface area (Å²) in [5, 5.41) is 3.51. The maximum Gasteiger partial charge on any atom is 0.0387 e. The van der Waals surface area contributed by atoms with Crippen LogP contribution in [0.4, 0.5) is 11.4 Å². The highest BCUT2D eigenvalue weighted by Gasteiger charge is 2.10. The SMILES string of the molecule is CCc1cccc(Nc2ccc3c(c2)CCC3)c1. The molecule has 18 heavy (non-hydrogen) atoms. The van der Waals surface area contributed by atoms with Crippen molar-refractivity contribution < 1.29 is 0 Å². The molecule has 1 aliphatic carbocycles. The predicted molar refractivity (Wildman–Crippen MR) is 77.6 cm³/mol. The molecule has 0 aliphatic heterocycles. The van der Waals surface area contributed by atoms with Gasteiger partial charge in [0.15, 0.2) is 0 Å². The van der Waals surface area contributed by atoms with Crippen LogP contribution in [0.15, 0.2) is 42.5 Å². The van der Waals surface area contributed by atoms with Crippen molar-refractivity contribution in [3.05, 3.63) is 59.2 Å². The molecule has 2 aromatic rings. The Labute approximate surface area is 109 Å². The third kappa shape index (κ3) is 2.26. The van der Waals surface area contributed by atoms with Crippen molar-refractivity contribution in [2.45, 2.75) is 32.6 Å². The minimum Gasteiger partial charge on any atom is -0.356 e. The molecule has 92 valence electrons. The predicted octanol–water partition coefficient (Wildman–Crippen LogP) is 4.48. The molecule has 2 aromatic carbocycles. The summed E-state index contributed by atoms with van der Waals surface area (Å²) in [6, 6.07) is 15.4. The van der Waals surface area contributed by atoms with E-state index in [0.717, 1.165) is 6.42 Å². The summed E-state index contributed by atoms with van der Waals surface area (Å²) in [6.45, 7) is 2.19. The Bertz CT molecular complexity index is 557. The Hall–Kier alpha value is -1.76. The van der Waals surface area contributed by atoms with Gasteiger partial charge in [-0.05, 0) is 66.6 Å². The highest BCUT2D eigenvalue weighted by atomic mass is 14.9. The molecule has 1 nitrogen and oxygen atoms in total. The molecular weight excluding hydrogens is 218 g/mol. The fourth-order valence-electron chi connectivity index (χ4n) is 2.69. The second kappa shape index (κ2) is 4.85. The largest absolute Gasteiger partial charge is 0.356 e. The third-order valence-electron chi connectivity index (χ3n) is 3.72. The van der Waals surface area contributed by atoms with E-state index in [9.17, 15) is 0 Å². The molecule has 0 heterocycles. The number of benzene rings is 2. The van der Waals surface area contributed by atoms with Crippen LogP contribution in [0.3, 0.4) is 0 Å². The summed E-state index contributed by atoms with van der Waals surface area (Å²) < 4.78 is 0. The van der Waals surface area contributed by atoms with Crippen LogP contribution in [0, 0.1) is 0 Å². The second-order valence-corrected chi connectivity index (χ2v) is 5.02. The summed E-state index contributed by atoms with van der Waals surface area (Å²) in [5.74, 6) is 0. The van der Waals surface area contributed by atoms with Gasteiger partial charge in [-0.25, -0.2) is 0 Å². The van der Waals surface area contributed by atoms with E-state index < -0.39 is 0 Å². The minimum atomic E-state index is 1.08. The molecule has 0 unspecified atom stereocenters. The monoisotopic (exact) mass is 237 g/mol. The molecule has 0 atom stereocenters. The maximum absolute atomic E-state index is 3.51. The maximum atomic E-state index is 3.51. The Morgan fingerprint density at radius 3 is 2.67 bits per heavy atom. The lowest BCUT2D eigenvalue weighted by Gasteiger charge is -2.09. The van der Waals surface area contributed by atoms with Crippen LogP contribution in [-0.4, -0.2) is 0 Å². The van der Waals surface area contributed by atoms with Crippen LogP contribution in [-0.2, 0) is 19.3 Å². The van der Waals surface area contributed by atoms with E-state index in [1.807, 2.05) is 0 Å². The van der Waals surface area contributed by atoms with E-state index in [1.54, 1.807) is 0 Å². The standard InChI is InChI=1S/C17H19N/c1-2-13-5-3-8-16(11-13)18-17-10-9-14-6-4-7-15(14)12-17/h3,5,8-12,18H,2,4,6-7H2,1H3. The van der Waals surface area contributed by atoms with Crippen LogP contribution in [0.5, 0.6) is 0 Å². The summed E-state index contributed by atoms with van der Waals surface area (Å²) in [6.07, 6.45) is 4.88. The molecule has 0 bridgehead atoms. The molecule has 0 radical (unpaired) electrons. The minimum absolute atomic E-state index is 1.08. The number of fused-ring (bicyclic) bond motifs is 1. The summed E-state index contributed by atoms with van der Waals surface area (Å²) in [5.41, 5.74) is 6.83. The van der Waals surface area contributed by atoms with E-state index in [1.165, 1.54) is 47.3 Å². The first-order valence-corrected chi connectivity index (χ1v) is 6.83. The zero-order chi connectivity index (χ0) is 12.4. The van der Waals surface area contributed by atoms with E-state index >= 15 is 0 Å². The van der Waals surface area contributed by atoms with Crippen LogP contribution in [0.1, 0.15) is 30.0 Å². The van der Waals surface area contributed by atoms with E-state index in [-0.39, 0.29) is 0 Å². The third-order valence-corrected chi connectivity index (χ3v) is 3.72. The lowest BCUT2D eigenvalue weighted by Crippen LogP contribution is -1.93. The van der Waals surface area contributed by atoms with Crippen molar-refractivity contribution in [3.8, 4) is 0 Å². The van der Waals surface area contributed by atoms with Gasteiger partial charge in [0.1, 0.15) is 0 Å². The molecule has 0 amide bonds. The molecule has 1 heteroatoms. The average Bonchev–Trinajstić information content (AvgIpc) is 2.86. The van der Waals surface area contributed by atoms with E-state index in [4.69, 9.17) is 0 Å². The number of rotatable bonds is 3. The van der Waals surface area contributed by atoms with Gasteiger partial charge in [0.2, 0.25) is 0 Å². The Kier molecular flexibility index (Phi) is 3.06. The quantitative estimate of drug-likeness (QED) is 0.829. The molecule has 3 rings (SSSR count). The zero-order valence-corrected chi connectivity index (χ0v) is 10.9. The van der Waals surface area contributed by atoms with Crippen molar-refractivity contribution in [1.82, 2.24) is 0 Å². The zero-order valence-electron chi connectivity index (χ0n) is 10.9. The van der Waals surface area contributed by atoms with Crippen LogP contribution in [0.25, 0.3) is 0 Å². The van der Waals surface area contributed by atoms with Gasteiger partial charge in [-0.1, -0.05) is 25.1 Å². The number of hydrogen-bond donors (Lipinski definition) is 1. The molecular formula is C17H19N. The lowest BCUT2D eigenvalue weighted by molar-refractivity contribution is 0.912. The van der Waals surface area contributed by atoms with Gasteiger partial charge in [0.25, 0.3) is 0 Å². The van der Waals surface area contributed by atoms with Gasteiger partial charge in [0.05, 0.1) is 0 Å². The molecule has 1 aliphatic rings. The van der Waals surface area contributed by atoms with Crippen LogP contribution >= 0.6 is 0 Å². The van der Waals surface area contributed by atoms with Gasteiger partial charge in [0, 0.05) is 11.4 Å². The van der Waals surface area contributed by atoms with E-state index in [0.29, 0.717) is 0 Å². The number of anilines is 2. The van der Waals surface area contributed by atoms with Crippen LogP contribution < -0.4 is 5.32 Å². The number of hydrogen-bond acceptors (Lipinski definition) is 1. The van der Waals surface area contributed by atoms with Crippen molar-refractivity contribution in [2.75, 3.05) is 5.32 Å². The molecule has 0 saturated carbocycles. The Morgan fingerprint density at radius 1 is 0.944 bits per heavy atom. The summed E-state index contributed by atoms with van der Waals surface area (Å²) >= 11 is 0. The highest BCUT2D eigenvalue weighted by molar-refractivity contribution is 5.62. The highest BCUT2D eigenvalue weighted by Crippen LogP contribution is 2.26. The number of aryl methyl sites for hydroxylation is 3. The van der Waals surface area contributed by atoms with Crippen molar-refractivity contribution in [2.24, 2.45) is 0 Å². The fourth-order valence-corrected chi connectivity index (χ4v) is 2.69. The fraction of sp³-hybridized carbons (Fsp3) is 0.294. The normalized spacial score (nSPS) is 13.4. The number of nitrogens with one attached hydrogen (secondary N) is 1. The van der Waals surface area contributed by atoms with Gasteiger partial charge in [-0.2, -0.15) is 0 Å². The van der Waals surface area contributed by atoms with E-state index in [2.05, 4.69) is 54.7 Å². The topological polar surface area (TPSA) is 12.0 Å². The molecule has 0 fully saturated rings. The van der Waals surface area contributed by atoms with Gasteiger partial charge in [-0.15, -0.1) is 0 Å².